The van der Waals surface area contributed by atoms with Gasteiger partial charge in [-0.05, 0) is 47.2 Å². The zero-order valence-electron chi connectivity index (χ0n) is 18.7. The van der Waals surface area contributed by atoms with Gasteiger partial charge in [-0.3, -0.25) is 9.59 Å². The fraction of sp³-hybridized carbons (Fsp3) is 0.240. The summed E-state index contributed by atoms with van der Waals surface area (Å²) in [4.78, 5) is 40.8. The number of fused-ring (bicyclic) bond motifs is 6. The molecule has 0 spiro atoms. The van der Waals surface area contributed by atoms with Gasteiger partial charge in [0.05, 0.1) is 11.1 Å². The maximum Gasteiger partial charge on any atom is 0.471 e. The van der Waals surface area contributed by atoms with Crippen molar-refractivity contribution in [2.24, 2.45) is 0 Å². The van der Waals surface area contributed by atoms with Crippen molar-refractivity contribution in [3.8, 4) is 11.3 Å². The van der Waals surface area contributed by atoms with Crippen LogP contribution in [-0.4, -0.2) is 50.0 Å². The van der Waals surface area contributed by atoms with E-state index >= 15 is 0 Å². The second kappa shape index (κ2) is 8.14. The summed E-state index contributed by atoms with van der Waals surface area (Å²) in [7, 11) is 0. The number of nitrogens with one attached hydrogen (secondary N) is 2. The molecule has 6 rings (SSSR count). The van der Waals surface area contributed by atoms with Crippen molar-refractivity contribution >= 4 is 28.2 Å². The van der Waals surface area contributed by atoms with Crippen molar-refractivity contribution in [1.29, 1.82) is 0 Å². The zero-order valence-corrected chi connectivity index (χ0v) is 18.7. The topological polar surface area (TPSA) is 104 Å². The molecule has 1 fully saturated rings. The Morgan fingerprint density at radius 2 is 1.81 bits per heavy atom. The number of carbonyl (C=O) groups excluding carboxylic acids is 1. The Labute approximate surface area is 202 Å². The van der Waals surface area contributed by atoms with E-state index in [0.717, 1.165) is 16.0 Å². The molecular formula is C25H19F3N6O2. The number of H-pyrrole nitrogens is 1. The summed E-state index contributed by atoms with van der Waals surface area (Å²) < 4.78 is 39.0. The van der Waals surface area contributed by atoms with Crippen LogP contribution in [0, 0.1) is 0 Å². The highest BCUT2D eigenvalue weighted by molar-refractivity contribution is 5.95. The van der Waals surface area contributed by atoms with Gasteiger partial charge < -0.3 is 15.2 Å². The average Bonchev–Trinajstić information content (AvgIpc) is 3.12. The van der Waals surface area contributed by atoms with Crippen molar-refractivity contribution in [1.82, 2.24) is 24.8 Å². The number of aromatic amines is 1. The summed E-state index contributed by atoms with van der Waals surface area (Å²) in [5, 5.41) is 4.28. The van der Waals surface area contributed by atoms with E-state index in [0.29, 0.717) is 40.0 Å². The Kier molecular flexibility index (Phi) is 5.02. The first-order valence-corrected chi connectivity index (χ1v) is 11.3. The molecule has 182 valence electrons. The maximum absolute atomic E-state index is 13.0. The molecule has 2 aliphatic rings. The van der Waals surface area contributed by atoms with Gasteiger partial charge in [-0.1, -0.05) is 6.07 Å². The minimum Gasteiger partial charge on any atom is -0.340 e. The molecule has 1 aromatic carbocycles. The summed E-state index contributed by atoms with van der Waals surface area (Å²) in [6.07, 6.45) is 2.04. The van der Waals surface area contributed by atoms with Crippen LogP contribution < -0.4 is 10.9 Å². The summed E-state index contributed by atoms with van der Waals surface area (Å²) in [5.41, 5.74) is 3.46. The largest absolute Gasteiger partial charge is 0.471 e. The molecule has 1 amide bonds. The molecule has 11 heteroatoms. The van der Waals surface area contributed by atoms with E-state index in [-0.39, 0.29) is 30.5 Å². The number of pyridine rings is 2. The van der Waals surface area contributed by atoms with Crippen molar-refractivity contribution in [2.75, 3.05) is 18.4 Å². The molecule has 2 atom stereocenters. The standard InChI is InChI=1S/C25H19F3N6O2/c26-25(27,28)24(36)34-10-14-5-15(11-34)19-7-17(1-2-18(14)19)32-22-21-13(3-4-31-23(21)35)6-20(33-22)16-8-29-12-30-9-16/h1-4,6-9,12,14-15H,5,10-11H2,(H,31,35)(H,32,33). The molecule has 0 radical (unpaired) electrons. The smallest absolute Gasteiger partial charge is 0.340 e. The van der Waals surface area contributed by atoms with Crippen LogP contribution in [0.25, 0.3) is 22.0 Å². The van der Waals surface area contributed by atoms with E-state index in [1.165, 1.54) is 6.33 Å². The second-order valence-electron chi connectivity index (χ2n) is 9.06. The fourth-order valence-corrected chi connectivity index (χ4v) is 5.29. The van der Waals surface area contributed by atoms with Gasteiger partial charge in [0.25, 0.3) is 5.56 Å². The minimum absolute atomic E-state index is 0.0235. The molecule has 36 heavy (non-hydrogen) atoms. The number of likely N-dealkylation sites (tertiary alicyclic amines) is 1. The van der Waals surface area contributed by atoms with Gasteiger partial charge in [0, 0.05) is 54.8 Å². The van der Waals surface area contributed by atoms with Crippen LogP contribution in [-0.2, 0) is 4.79 Å². The van der Waals surface area contributed by atoms with E-state index in [1.54, 1.807) is 30.7 Å². The van der Waals surface area contributed by atoms with Crippen LogP contribution in [0.1, 0.15) is 29.4 Å². The molecule has 4 heterocycles. The van der Waals surface area contributed by atoms with Gasteiger partial charge in [0.2, 0.25) is 0 Å². The SMILES string of the molecule is O=C(N1CC2CC(C1)c1cc(Nc3nc(-c4cncnc4)cc4cc[nH]c(=O)c34)ccc12)C(F)(F)F. The Morgan fingerprint density at radius 3 is 2.56 bits per heavy atom. The molecule has 3 aromatic heterocycles. The lowest BCUT2D eigenvalue weighted by Gasteiger charge is -2.32. The number of alkyl halides is 3. The number of hydrogen-bond donors (Lipinski definition) is 2. The lowest BCUT2D eigenvalue weighted by atomic mass is 9.95. The van der Waals surface area contributed by atoms with E-state index < -0.39 is 12.1 Å². The third-order valence-corrected chi connectivity index (χ3v) is 6.82. The van der Waals surface area contributed by atoms with Gasteiger partial charge in [0.15, 0.2) is 0 Å². The number of rotatable bonds is 3. The first kappa shape index (κ1) is 22.2. The zero-order chi connectivity index (χ0) is 25.0. The summed E-state index contributed by atoms with van der Waals surface area (Å²) in [6, 6.07) is 9.13. The van der Waals surface area contributed by atoms with Gasteiger partial charge in [0.1, 0.15) is 12.1 Å². The lowest BCUT2D eigenvalue weighted by molar-refractivity contribution is -0.186. The molecule has 2 bridgehead atoms. The van der Waals surface area contributed by atoms with Gasteiger partial charge in [-0.25, -0.2) is 15.0 Å². The second-order valence-corrected chi connectivity index (χ2v) is 9.06. The van der Waals surface area contributed by atoms with E-state index in [1.807, 2.05) is 18.2 Å². The van der Waals surface area contributed by atoms with Crippen LogP contribution in [0.15, 0.2) is 60.0 Å². The summed E-state index contributed by atoms with van der Waals surface area (Å²) >= 11 is 0. The van der Waals surface area contributed by atoms with Gasteiger partial charge in [-0.15, -0.1) is 0 Å². The van der Waals surface area contributed by atoms with Crippen molar-refractivity contribution in [3.05, 3.63) is 76.7 Å². The number of piperidine rings is 1. The molecule has 1 saturated heterocycles. The van der Waals surface area contributed by atoms with Crippen molar-refractivity contribution in [2.45, 2.75) is 24.4 Å². The summed E-state index contributed by atoms with van der Waals surface area (Å²) in [5.74, 6) is -1.78. The highest BCUT2D eigenvalue weighted by Gasteiger charge is 2.47. The molecular weight excluding hydrogens is 473 g/mol. The minimum atomic E-state index is -4.88. The number of amides is 1. The fourth-order valence-electron chi connectivity index (χ4n) is 5.29. The number of hydrogen-bond acceptors (Lipinski definition) is 6. The molecule has 4 aromatic rings. The normalized spacial score (nSPS) is 18.8. The van der Waals surface area contributed by atoms with Crippen LogP contribution in [0.2, 0.25) is 0 Å². The first-order valence-electron chi connectivity index (χ1n) is 11.3. The Hall–Kier alpha value is -4.28. The molecule has 1 aliphatic heterocycles. The number of aromatic nitrogens is 4. The molecule has 8 nitrogen and oxygen atoms in total. The molecule has 2 N–H and O–H groups in total. The Bertz CT molecular complexity index is 1550. The maximum atomic E-state index is 13.0. The Balaban J connectivity index is 1.37. The predicted molar refractivity (Wildman–Crippen MR) is 126 cm³/mol. The van der Waals surface area contributed by atoms with E-state index in [9.17, 15) is 22.8 Å². The van der Waals surface area contributed by atoms with Crippen molar-refractivity contribution in [3.63, 3.8) is 0 Å². The highest BCUT2D eigenvalue weighted by atomic mass is 19.4. The number of benzene rings is 1. The number of halogens is 3. The summed E-state index contributed by atoms with van der Waals surface area (Å²) in [6.45, 7) is 0.0764. The predicted octanol–water partition coefficient (Wildman–Crippen LogP) is 4.10. The molecule has 2 unspecified atom stereocenters. The first-order chi connectivity index (χ1) is 17.3. The quantitative estimate of drug-likeness (QED) is 0.446. The average molecular weight is 492 g/mol. The van der Waals surface area contributed by atoms with E-state index in [2.05, 4.69) is 25.3 Å². The molecule has 1 aliphatic carbocycles. The van der Waals surface area contributed by atoms with Gasteiger partial charge >= 0.3 is 12.1 Å². The van der Waals surface area contributed by atoms with Crippen LogP contribution in [0.4, 0.5) is 24.7 Å². The lowest BCUT2D eigenvalue weighted by Crippen LogP contribution is -2.46. The van der Waals surface area contributed by atoms with E-state index in [4.69, 9.17) is 0 Å². The number of anilines is 2. The Morgan fingerprint density at radius 1 is 1.06 bits per heavy atom. The molecule has 0 saturated carbocycles. The highest BCUT2D eigenvalue weighted by Crippen LogP contribution is 2.47. The monoisotopic (exact) mass is 492 g/mol. The number of nitrogens with zero attached hydrogens (tertiary/aromatic N) is 4. The van der Waals surface area contributed by atoms with Crippen LogP contribution in [0.5, 0.6) is 0 Å². The number of carbonyl (C=O) groups is 1. The van der Waals surface area contributed by atoms with Crippen molar-refractivity contribution < 1.29 is 18.0 Å². The van der Waals surface area contributed by atoms with Crippen LogP contribution in [0.3, 0.4) is 0 Å². The van der Waals surface area contributed by atoms with Gasteiger partial charge in [-0.2, -0.15) is 13.2 Å². The third kappa shape index (κ3) is 3.76. The van der Waals surface area contributed by atoms with Crippen LogP contribution >= 0.6 is 0 Å². The third-order valence-electron chi connectivity index (χ3n) is 6.82.